The summed E-state index contributed by atoms with van der Waals surface area (Å²) in [6, 6.07) is 0.533. The van der Waals surface area contributed by atoms with Gasteiger partial charge in [0.1, 0.15) is 0 Å². The molecule has 0 aliphatic heterocycles. The number of nitrogens with one attached hydrogen (secondary N) is 1. The zero-order chi connectivity index (χ0) is 10.0. The van der Waals surface area contributed by atoms with E-state index < -0.39 is 29.2 Å². The number of methoxy groups -OCH3 is 1. The molecule has 0 aliphatic rings. The fourth-order valence-corrected chi connectivity index (χ4v) is 0.907. The highest BCUT2D eigenvalue weighted by Crippen LogP contribution is 2.25. The first-order chi connectivity index (χ1) is 6.06. The second-order valence-corrected chi connectivity index (χ2v) is 2.24. The van der Waals surface area contributed by atoms with Crippen LogP contribution in [-0.4, -0.2) is 12.1 Å². The van der Waals surface area contributed by atoms with E-state index in [0.717, 1.165) is 7.11 Å². The Labute approximate surface area is 71.2 Å². The first-order valence-electron chi connectivity index (χ1n) is 3.31. The Balaban J connectivity index is 3.38. The van der Waals surface area contributed by atoms with Crippen LogP contribution in [0.25, 0.3) is 0 Å². The summed E-state index contributed by atoms with van der Waals surface area (Å²) in [6.07, 6.45) is -2.94. The van der Waals surface area contributed by atoms with Crippen molar-refractivity contribution in [2.45, 2.75) is 6.43 Å². The van der Waals surface area contributed by atoms with Gasteiger partial charge in [0.15, 0.2) is 11.7 Å². The fraction of sp³-hybridized carbons (Fsp3) is 0.286. The molecule has 0 saturated heterocycles. The molecule has 0 radical (unpaired) electrons. The lowest BCUT2D eigenvalue weighted by molar-refractivity contribution is 0.146. The first kappa shape index (κ1) is 9.63. The van der Waals surface area contributed by atoms with Crippen LogP contribution in [0, 0.1) is 5.95 Å². The van der Waals surface area contributed by atoms with Crippen molar-refractivity contribution >= 4 is 0 Å². The van der Waals surface area contributed by atoms with Gasteiger partial charge in [-0.05, 0) is 0 Å². The summed E-state index contributed by atoms with van der Waals surface area (Å²) in [6.45, 7) is 0. The van der Waals surface area contributed by atoms with Crippen molar-refractivity contribution in [3.63, 3.8) is 0 Å². The smallest absolute Gasteiger partial charge is 0.292 e. The highest BCUT2D eigenvalue weighted by molar-refractivity contribution is 5.31. The number of rotatable bonds is 2. The van der Waals surface area contributed by atoms with E-state index in [-0.39, 0.29) is 0 Å². The van der Waals surface area contributed by atoms with Crippen LogP contribution in [0.5, 0.6) is 5.75 Å². The number of halogens is 3. The molecule has 0 saturated carbocycles. The van der Waals surface area contributed by atoms with E-state index >= 15 is 0 Å². The van der Waals surface area contributed by atoms with Crippen LogP contribution in [0.3, 0.4) is 0 Å². The molecule has 13 heavy (non-hydrogen) atoms. The minimum Gasteiger partial charge on any atom is -0.491 e. The highest BCUT2D eigenvalue weighted by atomic mass is 19.3. The van der Waals surface area contributed by atoms with E-state index in [1.165, 1.54) is 0 Å². The third-order valence-corrected chi connectivity index (χ3v) is 1.42. The number of aromatic nitrogens is 1. The van der Waals surface area contributed by atoms with Gasteiger partial charge in [0.2, 0.25) is 0 Å². The summed E-state index contributed by atoms with van der Waals surface area (Å²) < 4.78 is 41.2. The van der Waals surface area contributed by atoms with Crippen molar-refractivity contribution in [1.82, 2.24) is 4.98 Å². The predicted octanol–water partition coefficient (Wildman–Crippen LogP) is 1.46. The number of alkyl halides is 2. The molecule has 6 heteroatoms. The maximum absolute atomic E-state index is 12.5. The van der Waals surface area contributed by atoms with Gasteiger partial charge in [-0.15, -0.1) is 0 Å². The standard InChI is InChI=1S/C7H6F3NO2/c1-13-5-3(6(9)10)2-4(8)11-7(5)12/h2,6H,1H3,(H,11,12). The van der Waals surface area contributed by atoms with Gasteiger partial charge < -0.3 is 4.74 Å². The number of ether oxygens (including phenoxy) is 1. The first-order valence-corrected chi connectivity index (χ1v) is 3.31. The van der Waals surface area contributed by atoms with Crippen LogP contribution in [-0.2, 0) is 0 Å². The Bertz CT molecular complexity index is 361. The fourth-order valence-electron chi connectivity index (χ4n) is 0.907. The van der Waals surface area contributed by atoms with Gasteiger partial charge >= 0.3 is 0 Å². The number of hydrogen-bond acceptors (Lipinski definition) is 2. The quantitative estimate of drug-likeness (QED) is 0.722. The van der Waals surface area contributed by atoms with Crippen molar-refractivity contribution in [3.8, 4) is 5.75 Å². The van der Waals surface area contributed by atoms with E-state index in [2.05, 4.69) is 4.74 Å². The molecule has 1 aromatic heterocycles. The number of hydrogen-bond donors (Lipinski definition) is 1. The second-order valence-electron chi connectivity index (χ2n) is 2.24. The normalized spacial score (nSPS) is 10.5. The Hall–Kier alpha value is -1.46. The average molecular weight is 193 g/mol. The minimum absolute atomic E-state index is 0.533. The van der Waals surface area contributed by atoms with E-state index in [9.17, 15) is 18.0 Å². The number of pyridine rings is 1. The van der Waals surface area contributed by atoms with Crippen LogP contribution < -0.4 is 10.3 Å². The Morgan fingerprint density at radius 3 is 2.62 bits per heavy atom. The summed E-state index contributed by atoms with van der Waals surface area (Å²) in [5.74, 6) is -1.67. The van der Waals surface area contributed by atoms with Crippen LogP contribution in [0.1, 0.15) is 12.0 Å². The largest absolute Gasteiger partial charge is 0.491 e. The van der Waals surface area contributed by atoms with Crippen molar-refractivity contribution in [2.75, 3.05) is 7.11 Å². The summed E-state index contributed by atoms with van der Waals surface area (Å²) in [5.41, 5.74) is -1.75. The van der Waals surface area contributed by atoms with Crippen molar-refractivity contribution in [2.24, 2.45) is 0 Å². The Kier molecular flexibility index (Phi) is 2.60. The Morgan fingerprint density at radius 2 is 2.15 bits per heavy atom. The minimum atomic E-state index is -2.94. The summed E-state index contributed by atoms with van der Waals surface area (Å²) >= 11 is 0. The lowest BCUT2D eigenvalue weighted by Crippen LogP contribution is -2.13. The van der Waals surface area contributed by atoms with Crippen LogP contribution >= 0.6 is 0 Å². The molecule has 72 valence electrons. The molecule has 0 unspecified atom stereocenters. The van der Waals surface area contributed by atoms with Gasteiger partial charge in [-0.3, -0.25) is 9.78 Å². The SMILES string of the molecule is COc1c(C(F)F)cc(F)[nH]c1=O. The molecule has 1 aromatic rings. The molecule has 0 amide bonds. The molecule has 0 spiro atoms. The maximum Gasteiger partial charge on any atom is 0.292 e. The van der Waals surface area contributed by atoms with Crippen LogP contribution in [0.15, 0.2) is 10.9 Å². The maximum atomic E-state index is 12.5. The summed E-state index contributed by atoms with van der Waals surface area (Å²) in [4.78, 5) is 12.5. The van der Waals surface area contributed by atoms with E-state index in [1.807, 2.05) is 0 Å². The molecule has 0 fully saturated rings. The van der Waals surface area contributed by atoms with Crippen molar-refractivity contribution in [3.05, 3.63) is 27.9 Å². The van der Waals surface area contributed by atoms with Gasteiger partial charge in [0.05, 0.1) is 12.7 Å². The molecular formula is C7H6F3NO2. The monoisotopic (exact) mass is 193 g/mol. The lowest BCUT2D eigenvalue weighted by Gasteiger charge is -2.05. The molecule has 0 bridgehead atoms. The Morgan fingerprint density at radius 1 is 1.54 bits per heavy atom. The molecule has 0 atom stereocenters. The zero-order valence-electron chi connectivity index (χ0n) is 6.61. The van der Waals surface area contributed by atoms with Crippen molar-refractivity contribution < 1.29 is 17.9 Å². The van der Waals surface area contributed by atoms with Crippen LogP contribution in [0.4, 0.5) is 13.2 Å². The molecule has 1 N–H and O–H groups in total. The molecule has 1 heterocycles. The van der Waals surface area contributed by atoms with Crippen molar-refractivity contribution in [1.29, 1.82) is 0 Å². The average Bonchev–Trinajstić information content (AvgIpc) is 2.02. The van der Waals surface area contributed by atoms with Gasteiger partial charge in [-0.2, -0.15) is 4.39 Å². The third kappa shape index (κ3) is 1.82. The molecule has 1 rings (SSSR count). The molecule has 0 aliphatic carbocycles. The molecular weight excluding hydrogens is 187 g/mol. The van der Waals surface area contributed by atoms with Gasteiger partial charge in [0.25, 0.3) is 12.0 Å². The van der Waals surface area contributed by atoms with Gasteiger partial charge in [-0.25, -0.2) is 8.78 Å². The summed E-state index contributed by atoms with van der Waals surface area (Å²) in [5, 5.41) is 0. The topological polar surface area (TPSA) is 42.1 Å². The molecule has 3 nitrogen and oxygen atoms in total. The number of aromatic amines is 1. The second kappa shape index (κ2) is 3.51. The summed E-state index contributed by atoms with van der Waals surface area (Å²) in [7, 11) is 1.06. The van der Waals surface area contributed by atoms with E-state index in [0.29, 0.717) is 6.07 Å². The zero-order valence-corrected chi connectivity index (χ0v) is 6.61. The van der Waals surface area contributed by atoms with E-state index in [4.69, 9.17) is 0 Å². The van der Waals surface area contributed by atoms with Gasteiger partial charge in [-0.1, -0.05) is 0 Å². The highest BCUT2D eigenvalue weighted by Gasteiger charge is 2.18. The predicted molar refractivity (Wildman–Crippen MR) is 38.5 cm³/mol. The van der Waals surface area contributed by atoms with Crippen LogP contribution in [0.2, 0.25) is 0 Å². The number of H-pyrrole nitrogens is 1. The third-order valence-electron chi connectivity index (χ3n) is 1.42. The molecule has 0 aromatic carbocycles. The van der Waals surface area contributed by atoms with Gasteiger partial charge in [0, 0.05) is 6.07 Å². The lowest BCUT2D eigenvalue weighted by atomic mass is 10.2. The van der Waals surface area contributed by atoms with E-state index in [1.54, 1.807) is 4.98 Å².